The summed E-state index contributed by atoms with van der Waals surface area (Å²) in [7, 11) is -3.49. The predicted molar refractivity (Wildman–Crippen MR) is 87.3 cm³/mol. The van der Waals surface area contributed by atoms with E-state index in [1.807, 2.05) is 0 Å². The maximum atomic E-state index is 12.5. The van der Waals surface area contributed by atoms with Crippen LogP contribution >= 0.6 is 19.2 Å². The topological polar surface area (TPSA) is 35.5 Å². The molecule has 1 aromatic carbocycles. The molecule has 0 heterocycles. The molecule has 1 unspecified atom stereocenters. The number of allylic oxidation sites excluding steroid dienone is 1. The first-order valence-electron chi connectivity index (χ1n) is 6.90. The van der Waals surface area contributed by atoms with Gasteiger partial charge in [0.1, 0.15) is 0 Å². The number of halogens is 1. The molecule has 5 heteroatoms. The van der Waals surface area contributed by atoms with Crippen LogP contribution in [-0.4, -0.2) is 6.61 Å². The van der Waals surface area contributed by atoms with E-state index >= 15 is 0 Å². The van der Waals surface area contributed by atoms with Crippen molar-refractivity contribution in [3.8, 4) is 11.6 Å². The molecule has 0 saturated carbocycles. The summed E-state index contributed by atoms with van der Waals surface area (Å²) in [6.07, 6.45) is 2.59. The molecule has 21 heavy (non-hydrogen) atoms. The second kappa shape index (κ2) is 8.95. The summed E-state index contributed by atoms with van der Waals surface area (Å²) in [5.41, 5.74) is 3.29. The molecule has 0 bridgehead atoms. The molecular formula is C16H20ClO3P. The number of unbranched alkanes of at least 4 members (excludes halogenated alkanes) is 1. The van der Waals surface area contributed by atoms with E-state index in [9.17, 15) is 4.57 Å². The fourth-order valence-electron chi connectivity index (χ4n) is 1.51. The summed E-state index contributed by atoms with van der Waals surface area (Å²) >= 11 is 5.80. The fourth-order valence-corrected chi connectivity index (χ4v) is 2.83. The molecule has 0 aliphatic carbocycles. The SMILES string of the molecule is C=C(CCCC)OP(=O)(C#Cc1ccc(Cl)cc1)OCC. The van der Waals surface area contributed by atoms with E-state index in [0.717, 1.165) is 12.8 Å². The van der Waals surface area contributed by atoms with Crippen LogP contribution in [0.3, 0.4) is 0 Å². The van der Waals surface area contributed by atoms with E-state index in [1.54, 1.807) is 31.2 Å². The van der Waals surface area contributed by atoms with Gasteiger partial charge < -0.3 is 4.52 Å². The molecule has 1 aromatic rings. The van der Waals surface area contributed by atoms with Crippen LogP contribution in [0.25, 0.3) is 0 Å². The fraction of sp³-hybridized carbons (Fsp3) is 0.375. The first-order valence-corrected chi connectivity index (χ1v) is 8.82. The van der Waals surface area contributed by atoms with Gasteiger partial charge >= 0.3 is 7.60 Å². The minimum Gasteiger partial charge on any atom is -0.421 e. The molecule has 1 rings (SSSR count). The standard InChI is InChI=1S/C16H20ClO3P/c1-4-6-7-14(3)20-21(18,19-5-2)13-12-15-8-10-16(17)11-9-15/h8-11H,3-7H2,1-2H3. The highest BCUT2D eigenvalue weighted by atomic mass is 35.5. The van der Waals surface area contributed by atoms with Crippen LogP contribution < -0.4 is 0 Å². The first-order chi connectivity index (χ1) is 9.99. The maximum absolute atomic E-state index is 12.5. The molecule has 0 aromatic heterocycles. The first kappa shape index (κ1) is 17.9. The summed E-state index contributed by atoms with van der Waals surface area (Å²) in [5.74, 6) is 3.24. The Morgan fingerprint density at radius 2 is 2.00 bits per heavy atom. The van der Waals surface area contributed by atoms with Crippen LogP contribution in [0.4, 0.5) is 0 Å². The van der Waals surface area contributed by atoms with E-state index < -0.39 is 7.60 Å². The van der Waals surface area contributed by atoms with Crippen molar-refractivity contribution in [1.82, 2.24) is 0 Å². The van der Waals surface area contributed by atoms with Crippen molar-refractivity contribution in [2.24, 2.45) is 0 Å². The van der Waals surface area contributed by atoms with Gasteiger partial charge in [-0.2, -0.15) is 0 Å². The average Bonchev–Trinajstić information content (AvgIpc) is 2.45. The predicted octanol–water partition coefficient (Wildman–Crippen LogP) is 5.60. The normalized spacial score (nSPS) is 12.9. The van der Waals surface area contributed by atoms with Gasteiger partial charge in [-0.3, -0.25) is 4.52 Å². The van der Waals surface area contributed by atoms with E-state index in [2.05, 4.69) is 25.1 Å². The summed E-state index contributed by atoms with van der Waals surface area (Å²) in [4.78, 5) is 0. The lowest BCUT2D eigenvalue weighted by Crippen LogP contribution is -1.94. The third-order valence-electron chi connectivity index (χ3n) is 2.54. The van der Waals surface area contributed by atoms with Crippen molar-refractivity contribution in [3.63, 3.8) is 0 Å². The molecule has 0 radical (unpaired) electrons. The van der Waals surface area contributed by atoms with Crippen molar-refractivity contribution >= 4 is 19.2 Å². The van der Waals surface area contributed by atoms with Gasteiger partial charge in [0, 0.05) is 22.7 Å². The molecule has 3 nitrogen and oxygen atoms in total. The largest absolute Gasteiger partial charge is 0.456 e. The Bertz CT molecular complexity index is 569. The summed E-state index contributed by atoms with van der Waals surface area (Å²) in [6, 6.07) is 6.94. The molecular weight excluding hydrogens is 307 g/mol. The minimum atomic E-state index is -3.49. The van der Waals surface area contributed by atoms with Crippen molar-refractivity contribution < 1.29 is 13.6 Å². The van der Waals surface area contributed by atoms with E-state index in [4.69, 9.17) is 20.6 Å². The zero-order chi connectivity index (χ0) is 15.7. The number of hydrogen-bond donors (Lipinski definition) is 0. The van der Waals surface area contributed by atoms with Gasteiger partial charge in [-0.1, -0.05) is 37.4 Å². The lowest BCUT2D eigenvalue weighted by atomic mass is 10.2. The Kier molecular flexibility index (Phi) is 7.61. The second-order valence-corrected chi connectivity index (χ2v) is 6.49. The summed E-state index contributed by atoms with van der Waals surface area (Å²) in [6.45, 7) is 7.83. The Morgan fingerprint density at radius 3 is 2.57 bits per heavy atom. The highest BCUT2D eigenvalue weighted by molar-refractivity contribution is 7.59. The lowest BCUT2D eigenvalue weighted by Gasteiger charge is -2.14. The molecule has 0 saturated heterocycles. The monoisotopic (exact) mass is 326 g/mol. The van der Waals surface area contributed by atoms with Crippen molar-refractivity contribution in [2.75, 3.05) is 6.61 Å². The van der Waals surface area contributed by atoms with Gasteiger partial charge in [0.2, 0.25) is 0 Å². The van der Waals surface area contributed by atoms with Crippen LogP contribution in [0.1, 0.15) is 38.7 Å². The van der Waals surface area contributed by atoms with Crippen molar-refractivity contribution in [1.29, 1.82) is 0 Å². The zero-order valence-electron chi connectivity index (χ0n) is 12.4. The summed E-state index contributed by atoms with van der Waals surface area (Å²) in [5, 5.41) is 0.623. The second-order valence-electron chi connectivity index (χ2n) is 4.39. The van der Waals surface area contributed by atoms with Crippen molar-refractivity contribution in [2.45, 2.75) is 33.1 Å². The van der Waals surface area contributed by atoms with Crippen LogP contribution in [-0.2, 0) is 13.6 Å². The third kappa shape index (κ3) is 6.87. The Hall–Kier alpha value is -1.20. The third-order valence-corrected chi connectivity index (χ3v) is 4.27. The van der Waals surface area contributed by atoms with E-state index in [-0.39, 0.29) is 6.61 Å². The molecule has 0 spiro atoms. The molecule has 114 valence electrons. The molecule has 0 N–H and O–H groups in total. The van der Waals surface area contributed by atoms with Crippen molar-refractivity contribution in [3.05, 3.63) is 47.2 Å². The van der Waals surface area contributed by atoms with Gasteiger partial charge in [0.05, 0.1) is 12.4 Å². The highest BCUT2D eigenvalue weighted by Crippen LogP contribution is 2.49. The number of rotatable bonds is 7. The van der Waals surface area contributed by atoms with Crippen LogP contribution in [0, 0.1) is 11.6 Å². The van der Waals surface area contributed by atoms with E-state index in [0.29, 0.717) is 22.8 Å². The molecule has 0 amide bonds. The quantitative estimate of drug-likeness (QED) is 0.372. The zero-order valence-corrected chi connectivity index (χ0v) is 14.0. The van der Waals surface area contributed by atoms with Crippen LogP contribution in [0.2, 0.25) is 5.02 Å². The van der Waals surface area contributed by atoms with Gasteiger partial charge in [-0.05, 0) is 37.6 Å². The Morgan fingerprint density at radius 1 is 1.33 bits per heavy atom. The minimum absolute atomic E-state index is 0.258. The maximum Gasteiger partial charge on any atom is 0.456 e. The molecule has 0 aliphatic rings. The average molecular weight is 327 g/mol. The van der Waals surface area contributed by atoms with Gasteiger partial charge in [0.15, 0.2) is 0 Å². The van der Waals surface area contributed by atoms with Gasteiger partial charge in [-0.15, -0.1) is 0 Å². The summed E-state index contributed by atoms with van der Waals surface area (Å²) < 4.78 is 23.1. The lowest BCUT2D eigenvalue weighted by molar-refractivity contribution is 0.256. The Labute approximate surface area is 131 Å². The molecule has 0 fully saturated rings. The molecule has 0 aliphatic heterocycles. The van der Waals surface area contributed by atoms with Crippen LogP contribution in [0.5, 0.6) is 0 Å². The molecule has 1 atom stereocenters. The smallest absolute Gasteiger partial charge is 0.421 e. The van der Waals surface area contributed by atoms with Crippen LogP contribution in [0.15, 0.2) is 36.6 Å². The van der Waals surface area contributed by atoms with Gasteiger partial charge in [-0.25, -0.2) is 4.57 Å². The number of hydrogen-bond acceptors (Lipinski definition) is 3. The van der Waals surface area contributed by atoms with Gasteiger partial charge in [0.25, 0.3) is 0 Å². The Balaban J connectivity index is 2.83. The number of benzene rings is 1. The highest BCUT2D eigenvalue weighted by Gasteiger charge is 2.23. The van der Waals surface area contributed by atoms with E-state index in [1.165, 1.54) is 0 Å².